The summed E-state index contributed by atoms with van der Waals surface area (Å²) < 4.78 is 45.0. The van der Waals surface area contributed by atoms with Gasteiger partial charge in [-0.3, -0.25) is 14.1 Å². The number of carbonyl (C=O) groups excluding carboxylic acids is 1. The highest BCUT2D eigenvalue weighted by atomic mass is 32.2. The Morgan fingerprint density at radius 1 is 1.50 bits per heavy atom. The average molecular weight is 420 g/mol. The van der Waals surface area contributed by atoms with E-state index < -0.39 is 59.4 Å². The molecule has 13 nitrogen and oxygen atoms in total. The van der Waals surface area contributed by atoms with E-state index in [0.717, 1.165) is 21.6 Å². The number of nitrogens with zero attached hydrogens (tertiary/aromatic N) is 4. The molecule has 0 saturated carbocycles. The lowest BCUT2D eigenvalue weighted by Gasteiger charge is -2.15. The van der Waals surface area contributed by atoms with Gasteiger partial charge in [-0.05, 0) is 0 Å². The molecule has 2 aromatic rings. The van der Waals surface area contributed by atoms with E-state index in [1.54, 1.807) is 4.72 Å². The second-order valence-electron chi connectivity index (χ2n) is 6.16. The number of hydrogen-bond donors (Lipinski definition) is 4. The quantitative estimate of drug-likeness (QED) is 0.384. The van der Waals surface area contributed by atoms with Crippen molar-refractivity contribution >= 4 is 33.0 Å². The van der Waals surface area contributed by atoms with E-state index in [2.05, 4.69) is 9.97 Å². The molecule has 0 radical (unpaired) electrons. The first-order valence-corrected chi connectivity index (χ1v) is 9.75. The molecule has 0 unspecified atom stereocenters. The highest BCUT2D eigenvalue weighted by Crippen LogP contribution is 2.32. The van der Waals surface area contributed by atoms with E-state index in [-0.39, 0.29) is 17.1 Å². The summed E-state index contributed by atoms with van der Waals surface area (Å²) in [5, 5.41) is 19.3. The highest BCUT2D eigenvalue weighted by Gasteiger charge is 2.46. The summed E-state index contributed by atoms with van der Waals surface area (Å²) in [5.74, 6) is -1.27. The van der Waals surface area contributed by atoms with E-state index in [9.17, 15) is 27.5 Å². The van der Waals surface area contributed by atoms with Crippen molar-refractivity contribution in [3.8, 4) is 0 Å². The van der Waals surface area contributed by atoms with Crippen LogP contribution in [0.25, 0.3) is 11.2 Å². The van der Waals surface area contributed by atoms with Crippen molar-refractivity contribution in [1.29, 1.82) is 0 Å². The fraction of sp³-hybridized carbons (Fsp3) is 0.538. The van der Waals surface area contributed by atoms with Crippen LogP contribution in [-0.2, 0) is 26.1 Å². The number of fused-ring (bicyclic) bond motifs is 1. The van der Waals surface area contributed by atoms with Gasteiger partial charge in [-0.1, -0.05) is 0 Å². The van der Waals surface area contributed by atoms with Crippen molar-refractivity contribution in [3.05, 3.63) is 16.7 Å². The predicted octanol–water partition coefficient (Wildman–Crippen LogP) is -3.16. The first kappa shape index (κ1) is 20.1. The number of aliphatic hydroxyl groups is 2. The number of aromatic nitrogens is 4. The summed E-state index contributed by atoms with van der Waals surface area (Å²) >= 11 is 0. The van der Waals surface area contributed by atoms with Crippen molar-refractivity contribution in [2.24, 2.45) is 0 Å². The van der Waals surface area contributed by atoms with E-state index in [1.807, 2.05) is 0 Å². The number of aliphatic hydroxyl groups excluding tert-OH is 2. The molecular formula is C13H17FN6O7S. The summed E-state index contributed by atoms with van der Waals surface area (Å²) in [7, 11) is -3.87. The number of nitrogen functional groups attached to an aromatic ring is 1. The minimum absolute atomic E-state index is 0.0264. The number of ether oxygens (including phenoxy) is 1. The lowest BCUT2D eigenvalue weighted by atomic mass is 10.1. The standard InChI is InChI=1S/C13H17FN6O7S/c1-28(25,26)18-7(22)3-19-5-2-16-12(15)17-10(5)20(13(19)24)11-9(23)8(14)6(4-21)27-11/h2,6,8-9,11,21,23H,3-4H2,1H3,(H,18,22)(H2,15,16,17)/t6-,8-,9-,11-/m1/s1. The van der Waals surface area contributed by atoms with Crippen LogP contribution in [0.15, 0.2) is 11.0 Å². The summed E-state index contributed by atoms with van der Waals surface area (Å²) in [4.78, 5) is 32.4. The van der Waals surface area contributed by atoms with Crippen molar-refractivity contribution in [1.82, 2.24) is 23.8 Å². The predicted molar refractivity (Wildman–Crippen MR) is 91.1 cm³/mol. The molecule has 28 heavy (non-hydrogen) atoms. The van der Waals surface area contributed by atoms with Crippen LogP contribution in [0, 0.1) is 0 Å². The van der Waals surface area contributed by atoms with E-state index in [0.29, 0.717) is 0 Å². The number of anilines is 1. The lowest BCUT2D eigenvalue weighted by molar-refractivity contribution is -0.119. The largest absolute Gasteiger partial charge is 0.394 e. The molecular weight excluding hydrogens is 403 g/mol. The fourth-order valence-corrected chi connectivity index (χ4v) is 3.38. The number of carbonyl (C=O) groups is 1. The van der Waals surface area contributed by atoms with Gasteiger partial charge in [-0.25, -0.2) is 27.2 Å². The minimum Gasteiger partial charge on any atom is -0.394 e. The third kappa shape index (κ3) is 3.56. The van der Waals surface area contributed by atoms with Gasteiger partial charge in [-0.2, -0.15) is 4.98 Å². The van der Waals surface area contributed by atoms with Crippen molar-refractivity contribution < 1.29 is 32.6 Å². The highest BCUT2D eigenvalue weighted by molar-refractivity contribution is 7.89. The zero-order valence-corrected chi connectivity index (χ0v) is 15.2. The summed E-state index contributed by atoms with van der Waals surface area (Å²) in [6.07, 6.45) is -4.85. The Hall–Kier alpha value is -2.62. The van der Waals surface area contributed by atoms with Gasteiger partial charge < -0.3 is 20.7 Å². The molecule has 15 heteroatoms. The molecule has 154 valence electrons. The monoisotopic (exact) mass is 420 g/mol. The number of nitrogens with two attached hydrogens (primary N) is 1. The molecule has 1 aliphatic rings. The molecule has 1 fully saturated rings. The van der Waals surface area contributed by atoms with Crippen LogP contribution in [0.1, 0.15) is 6.23 Å². The fourth-order valence-electron chi connectivity index (χ4n) is 2.91. The Kier molecular flexibility index (Phi) is 5.09. The van der Waals surface area contributed by atoms with Crippen LogP contribution in [0.4, 0.5) is 10.3 Å². The topological polar surface area (TPSA) is 192 Å². The maximum Gasteiger partial charge on any atom is 0.333 e. The number of imidazole rings is 1. The maximum absolute atomic E-state index is 14.1. The second-order valence-corrected chi connectivity index (χ2v) is 7.90. The molecule has 0 aromatic carbocycles. The Bertz CT molecular complexity index is 1080. The molecule has 2 aromatic heterocycles. The maximum atomic E-state index is 14.1. The van der Waals surface area contributed by atoms with E-state index in [4.69, 9.17) is 15.6 Å². The van der Waals surface area contributed by atoms with Crippen molar-refractivity contribution in [2.45, 2.75) is 31.2 Å². The number of halogens is 1. The van der Waals surface area contributed by atoms with Crippen LogP contribution in [0.5, 0.6) is 0 Å². The van der Waals surface area contributed by atoms with Gasteiger partial charge in [-0.15, -0.1) is 0 Å². The van der Waals surface area contributed by atoms with Crippen LogP contribution in [0.3, 0.4) is 0 Å². The molecule has 0 aliphatic carbocycles. The normalized spacial score (nSPS) is 25.3. The average Bonchev–Trinajstić information content (AvgIpc) is 3.01. The number of alkyl halides is 1. The first-order valence-electron chi connectivity index (χ1n) is 7.86. The molecule has 4 atom stereocenters. The molecule has 5 N–H and O–H groups in total. The molecule has 1 amide bonds. The summed E-state index contributed by atoms with van der Waals surface area (Å²) in [5.41, 5.74) is 4.38. The van der Waals surface area contributed by atoms with Crippen LogP contribution in [0.2, 0.25) is 0 Å². The molecule has 0 bridgehead atoms. The Balaban J connectivity index is 2.11. The lowest BCUT2D eigenvalue weighted by Crippen LogP contribution is -2.38. The Morgan fingerprint density at radius 2 is 2.18 bits per heavy atom. The minimum atomic E-state index is -3.87. The number of hydrogen-bond acceptors (Lipinski definition) is 10. The van der Waals surface area contributed by atoms with Gasteiger partial charge in [0.05, 0.1) is 19.1 Å². The molecule has 3 rings (SSSR count). The van der Waals surface area contributed by atoms with Gasteiger partial charge in [0, 0.05) is 0 Å². The van der Waals surface area contributed by atoms with E-state index >= 15 is 0 Å². The number of amides is 1. The third-order valence-electron chi connectivity index (χ3n) is 4.05. The van der Waals surface area contributed by atoms with Crippen molar-refractivity contribution in [2.75, 3.05) is 18.6 Å². The number of rotatable bonds is 5. The Morgan fingerprint density at radius 3 is 2.75 bits per heavy atom. The molecule has 1 saturated heterocycles. The van der Waals surface area contributed by atoms with Gasteiger partial charge in [0.2, 0.25) is 16.0 Å². The zero-order chi connectivity index (χ0) is 20.8. The second kappa shape index (κ2) is 7.08. The van der Waals surface area contributed by atoms with Crippen LogP contribution in [-0.4, -0.2) is 74.9 Å². The van der Waals surface area contributed by atoms with Crippen LogP contribution < -0.4 is 16.1 Å². The van der Waals surface area contributed by atoms with Crippen LogP contribution >= 0.6 is 0 Å². The number of nitrogens with one attached hydrogen (secondary N) is 1. The summed E-state index contributed by atoms with van der Waals surface area (Å²) in [6.45, 7) is -1.47. The Labute approximate surface area is 156 Å². The summed E-state index contributed by atoms with van der Waals surface area (Å²) in [6, 6.07) is 0. The smallest absolute Gasteiger partial charge is 0.333 e. The van der Waals surface area contributed by atoms with Gasteiger partial charge in [0.15, 0.2) is 18.0 Å². The van der Waals surface area contributed by atoms with Gasteiger partial charge in [0.1, 0.15) is 24.3 Å². The SMILES string of the molecule is CS(=O)(=O)NC(=O)Cn1c(=O)n([C@@H]2O[C@H](CO)[C@@H](F)[C@H]2O)c2nc(N)ncc21. The first-order chi connectivity index (χ1) is 13.0. The number of sulfonamides is 1. The molecule has 1 aliphatic heterocycles. The third-order valence-corrected chi connectivity index (χ3v) is 4.65. The van der Waals surface area contributed by atoms with Gasteiger partial charge in [0.25, 0.3) is 5.91 Å². The molecule has 0 spiro atoms. The van der Waals surface area contributed by atoms with Gasteiger partial charge >= 0.3 is 5.69 Å². The zero-order valence-electron chi connectivity index (χ0n) is 14.4. The van der Waals surface area contributed by atoms with E-state index in [1.165, 1.54) is 0 Å². The van der Waals surface area contributed by atoms with Crippen molar-refractivity contribution in [3.63, 3.8) is 0 Å². The molecule has 3 heterocycles.